The fourth-order valence-electron chi connectivity index (χ4n) is 2.67. The molecule has 16 heavy (non-hydrogen) atoms. The van der Waals surface area contributed by atoms with Crippen molar-refractivity contribution in [3.63, 3.8) is 0 Å². The van der Waals surface area contributed by atoms with Gasteiger partial charge in [0.1, 0.15) is 0 Å². The lowest BCUT2D eigenvalue weighted by Gasteiger charge is -2.35. The van der Waals surface area contributed by atoms with E-state index in [1.165, 1.54) is 58.2 Å². The minimum atomic E-state index is 0.766. The number of nitrogens with one attached hydrogen (secondary N) is 1. The average molecular weight is 226 g/mol. The van der Waals surface area contributed by atoms with Crippen LogP contribution in [0.25, 0.3) is 0 Å². The van der Waals surface area contributed by atoms with Gasteiger partial charge in [0.2, 0.25) is 0 Å². The van der Waals surface area contributed by atoms with Crippen LogP contribution in [0.2, 0.25) is 0 Å². The lowest BCUT2D eigenvalue weighted by atomic mass is 9.94. The monoisotopic (exact) mass is 226 g/mol. The van der Waals surface area contributed by atoms with Crippen LogP contribution in [0.3, 0.4) is 0 Å². The van der Waals surface area contributed by atoms with E-state index in [1.807, 2.05) is 0 Å². The van der Waals surface area contributed by atoms with E-state index in [2.05, 4.69) is 31.1 Å². The predicted molar refractivity (Wildman–Crippen MR) is 71.8 cm³/mol. The van der Waals surface area contributed by atoms with E-state index in [0.717, 1.165) is 12.0 Å². The van der Waals surface area contributed by atoms with Gasteiger partial charge >= 0.3 is 0 Å². The molecule has 0 spiro atoms. The third-order valence-electron chi connectivity index (χ3n) is 3.80. The van der Waals surface area contributed by atoms with E-state index in [4.69, 9.17) is 0 Å². The predicted octanol–water partition coefficient (Wildman–Crippen LogP) is 2.89. The third-order valence-corrected chi connectivity index (χ3v) is 3.80. The molecule has 0 aromatic rings. The molecule has 0 aromatic carbocycles. The smallest absolute Gasteiger partial charge is 0.0117 e. The van der Waals surface area contributed by atoms with Gasteiger partial charge in [-0.1, -0.05) is 39.5 Å². The third kappa shape index (κ3) is 5.31. The zero-order chi connectivity index (χ0) is 11.8. The molecule has 0 aliphatic carbocycles. The highest BCUT2D eigenvalue weighted by Gasteiger charge is 2.22. The first-order valence-corrected chi connectivity index (χ1v) is 7.16. The Bertz CT molecular complexity index is 170. The summed E-state index contributed by atoms with van der Waals surface area (Å²) in [4.78, 5) is 2.45. The number of piperidine rings is 1. The second-order valence-electron chi connectivity index (χ2n) is 5.50. The summed E-state index contributed by atoms with van der Waals surface area (Å²) in [5.41, 5.74) is 0. The molecule has 0 saturated carbocycles. The van der Waals surface area contributed by atoms with E-state index in [0.29, 0.717) is 0 Å². The van der Waals surface area contributed by atoms with E-state index >= 15 is 0 Å². The molecular weight excluding hydrogens is 196 g/mol. The van der Waals surface area contributed by atoms with Gasteiger partial charge in [-0.05, 0) is 38.9 Å². The van der Waals surface area contributed by atoms with Crippen molar-refractivity contribution in [2.45, 2.75) is 58.4 Å². The van der Waals surface area contributed by atoms with Crippen molar-refractivity contribution < 1.29 is 0 Å². The minimum Gasteiger partial charge on any atom is -0.314 e. The Morgan fingerprint density at radius 3 is 2.62 bits per heavy atom. The lowest BCUT2D eigenvalue weighted by Crippen LogP contribution is -2.47. The first kappa shape index (κ1) is 14.0. The Hall–Kier alpha value is -0.0800. The zero-order valence-corrected chi connectivity index (χ0v) is 11.5. The van der Waals surface area contributed by atoms with Gasteiger partial charge in [0.25, 0.3) is 0 Å². The first-order valence-electron chi connectivity index (χ1n) is 7.16. The number of nitrogens with zero attached hydrogens (tertiary/aromatic N) is 1. The summed E-state index contributed by atoms with van der Waals surface area (Å²) in [5.74, 6) is 0.814. The molecule has 0 aromatic heterocycles. The lowest BCUT2D eigenvalue weighted by molar-refractivity contribution is 0.175. The Kier molecular flexibility index (Phi) is 7.06. The first-order chi connectivity index (χ1) is 7.74. The van der Waals surface area contributed by atoms with Crippen molar-refractivity contribution in [1.29, 1.82) is 0 Å². The highest BCUT2D eigenvalue weighted by molar-refractivity contribution is 4.81. The van der Waals surface area contributed by atoms with Crippen molar-refractivity contribution in [2.75, 3.05) is 26.7 Å². The van der Waals surface area contributed by atoms with Gasteiger partial charge in [0.15, 0.2) is 0 Å². The van der Waals surface area contributed by atoms with Gasteiger partial charge in [-0.25, -0.2) is 0 Å². The number of hydrogen-bond donors (Lipinski definition) is 1. The Morgan fingerprint density at radius 2 is 1.94 bits per heavy atom. The largest absolute Gasteiger partial charge is 0.314 e. The van der Waals surface area contributed by atoms with E-state index in [9.17, 15) is 0 Å². The van der Waals surface area contributed by atoms with Crippen LogP contribution in [0.5, 0.6) is 0 Å². The van der Waals surface area contributed by atoms with Gasteiger partial charge in [-0.3, -0.25) is 0 Å². The van der Waals surface area contributed by atoms with Crippen molar-refractivity contribution in [2.24, 2.45) is 5.92 Å². The van der Waals surface area contributed by atoms with Crippen molar-refractivity contribution in [1.82, 2.24) is 10.2 Å². The summed E-state index contributed by atoms with van der Waals surface area (Å²) in [7, 11) is 2.23. The van der Waals surface area contributed by atoms with Crippen LogP contribution in [-0.4, -0.2) is 37.6 Å². The number of likely N-dealkylation sites (tertiary alicyclic amines) is 1. The Balaban J connectivity index is 2.00. The van der Waals surface area contributed by atoms with Gasteiger partial charge in [-0.2, -0.15) is 0 Å². The SMILES string of the molecule is CCCCCCCNC1CCN(C)CC1C. The summed E-state index contributed by atoms with van der Waals surface area (Å²) in [6.45, 7) is 8.40. The molecular formula is C14H30N2. The molecule has 2 atom stereocenters. The Morgan fingerprint density at radius 1 is 1.19 bits per heavy atom. The normalized spacial score (nSPS) is 27.2. The minimum absolute atomic E-state index is 0.766. The maximum atomic E-state index is 3.74. The molecule has 1 saturated heterocycles. The summed E-state index contributed by atoms with van der Waals surface area (Å²) in [6, 6.07) is 0.766. The van der Waals surface area contributed by atoms with Gasteiger partial charge < -0.3 is 10.2 Å². The van der Waals surface area contributed by atoms with Crippen LogP contribution >= 0.6 is 0 Å². The molecule has 1 fully saturated rings. The second kappa shape index (κ2) is 8.08. The van der Waals surface area contributed by atoms with Crippen LogP contribution in [0.4, 0.5) is 0 Å². The molecule has 2 nitrogen and oxygen atoms in total. The Labute approximate surface area is 102 Å². The second-order valence-corrected chi connectivity index (χ2v) is 5.50. The topological polar surface area (TPSA) is 15.3 Å². The molecule has 1 aliphatic heterocycles. The van der Waals surface area contributed by atoms with Crippen molar-refractivity contribution >= 4 is 0 Å². The summed E-state index contributed by atoms with van der Waals surface area (Å²) >= 11 is 0. The molecule has 96 valence electrons. The number of unbranched alkanes of at least 4 members (excludes halogenated alkanes) is 4. The number of hydrogen-bond acceptors (Lipinski definition) is 2. The van der Waals surface area contributed by atoms with Crippen LogP contribution < -0.4 is 5.32 Å². The maximum Gasteiger partial charge on any atom is 0.0117 e. The highest BCUT2D eigenvalue weighted by Crippen LogP contribution is 2.15. The summed E-state index contributed by atoms with van der Waals surface area (Å²) < 4.78 is 0. The van der Waals surface area contributed by atoms with Crippen molar-refractivity contribution in [3.05, 3.63) is 0 Å². The van der Waals surface area contributed by atoms with Crippen LogP contribution in [0, 0.1) is 5.92 Å². The quantitative estimate of drug-likeness (QED) is 0.672. The maximum absolute atomic E-state index is 3.74. The highest BCUT2D eigenvalue weighted by atomic mass is 15.1. The summed E-state index contributed by atoms with van der Waals surface area (Å²) in [5, 5.41) is 3.74. The molecule has 1 aliphatic rings. The standard InChI is InChI=1S/C14H30N2/c1-4-5-6-7-8-10-15-14-9-11-16(3)12-13(14)2/h13-15H,4-12H2,1-3H3. The molecule has 1 heterocycles. The molecule has 1 rings (SSSR count). The molecule has 0 amide bonds. The van der Waals surface area contributed by atoms with E-state index in [-0.39, 0.29) is 0 Å². The van der Waals surface area contributed by atoms with E-state index in [1.54, 1.807) is 0 Å². The molecule has 2 unspecified atom stereocenters. The van der Waals surface area contributed by atoms with Crippen LogP contribution in [0.15, 0.2) is 0 Å². The number of rotatable bonds is 7. The molecule has 2 heteroatoms. The fraction of sp³-hybridized carbons (Fsp3) is 1.00. The van der Waals surface area contributed by atoms with Gasteiger partial charge in [0.05, 0.1) is 0 Å². The summed E-state index contributed by atoms with van der Waals surface area (Å²) in [6.07, 6.45) is 8.26. The van der Waals surface area contributed by atoms with Gasteiger partial charge in [-0.15, -0.1) is 0 Å². The van der Waals surface area contributed by atoms with Gasteiger partial charge in [0, 0.05) is 12.6 Å². The fourth-order valence-corrected chi connectivity index (χ4v) is 2.67. The van der Waals surface area contributed by atoms with Crippen LogP contribution in [0.1, 0.15) is 52.4 Å². The zero-order valence-electron chi connectivity index (χ0n) is 11.5. The van der Waals surface area contributed by atoms with Crippen molar-refractivity contribution in [3.8, 4) is 0 Å². The molecule has 0 bridgehead atoms. The van der Waals surface area contributed by atoms with Crippen LogP contribution in [-0.2, 0) is 0 Å². The molecule has 0 radical (unpaired) electrons. The average Bonchev–Trinajstić information content (AvgIpc) is 2.26. The molecule has 1 N–H and O–H groups in total. The van der Waals surface area contributed by atoms with E-state index < -0.39 is 0 Å².